The average molecular weight is 326 g/mol. The number of benzene rings is 1. The minimum absolute atomic E-state index is 0.352. The van der Waals surface area contributed by atoms with Gasteiger partial charge in [0.1, 0.15) is 12.4 Å². The number of nitrogens with zero attached hydrogens (tertiary/aromatic N) is 1. The Hall–Kier alpha value is -3.06. The number of ether oxygens (including phenoxy) is 1. The van der Waals surface area contributed by atoms with Gasteiger partial charge in [0.25, 0.3) is 0 Å². The molecule has 3 rings (SSSR count). The van der Waals surface area contributed by atoms with E-state index < -0.39 is 0 Å². The molecular formula is C17H18N4O3. The fraction of sp³-hybridized carbons (Fsp3) is 0.176. The maximum Gasteiger partial charge on any atom is 0.324 e. The molecule has 0 bridgehead atoms. The Morgan fingerprint density at radius 2 is 2.12 bits per heavy atom. The van der Waals surface area contributed by atoms with Gasteiger partial charge in [-0.25, -0.2) is 4.79 Å². The van der Waals surface area contributed by atoms with Crippen molar-refractivity contribution in [3.63, 3.8) is 0 Å². The highest BCUT2D eigenvalue weighted by Crippen LogP contribution is 2.13. The zero-order chi connectivity index (χ0) is 16.8. The Bertz CT molecular complexity index is 796. The summed E-state index contributed by atoms with van der Waals surface area (Å²) in [6, 6.07) is 12.5. The van der Waals surface area contributed by atoms with E-state index in [9.17, 15) is 4.79 Å². The summed E-state index contributed by atoms with van der Waals surface area (Å²) in [4.78, 5) is 12.0. The van der Waals surface area contributed by atoms with Crippen LogP contribution in [0.1, 0.15) is 17.0 Å². The van der Waals surface area contributed by atoms with Gasteiger partial charge < -0.3 is 14.5 Å². The number of urea groups is 1. The Kier molecular flexibility index (Phi) is 4.93. The molecule has 2 amide bonds. The molecule has 0 atom stereocenters. The number of H-pyrrole nitrogens is 1. The lowest BCUT2D eigenvalue weighted by Gasteiger charge is -2.08. The van der Waals surface area contributed by atoms with Crippen molar-refractivity contribution in [2.75, 3.05) is 10.6 Å². The molecule has 2 heterocycles. The summed E-state index contributed by atoms with van der Waals surface area (Å²) in [5.74, 6) is 1.25. The van der Waals surface area contributed by atoms with Crippen molar-refractivity contribution >= 4 is 17.5 Å². The number of amides is 2. The molecule has 0 radical (unpaired) electrons. The van der Waals surface area contributed by atoms with Gasteiger partial charge in [0.2, 0.25) is 0 Å². The average Bonchev–Trinajstić information content (AvgIpc) is 3.19. The molecule has 1 aromatic carbocycles. The first-order valence-corrected chi connectivity index (χ1v) is 7.48. The quantitative estimate of drug-likeness (QED) is 0.644. The number of carbonyl (C=O) groups excluding carboxylic acids is 1. The van der Waals surface area contributed by atoms with Crippen LogP contribution in [-0.2, 0) is 18.0 Å². The maximum atomic E-state index is 12.0. The zero-order valence-corrected chi connectivity index (χ0v) is 13.2. The number of rotatable bonds is 6. The van der Waals surface area contributed by atoms with Crippen molar-refractivity contribution in [1.82, 2.24) is 10.2 Å². The molecule has 0 fully saturated rings. The number of anilines is 2. The summed E-state index contributed by atoms with van der Waals surface area (Å²) in [5.41, 5.74) is 2.51. The van der Waals surface area contributed by atoms with E-state index in [-0.39, 0.29) is 6.03 Å². The fourth-order valence-electron chi connectivity index (χ4n) is 2.16. The van der Waals surface area contributed by atoms with Gasteiger partial charge in [-0.3, -0.25) is 10.4 Å². The molecule has 124 valence electrons. The number of nitrogens with one attached hydrogen (secondary N) is 3. The van der Waals surface area contributed by atoms with E-state index in [0.29, 0.717) is 24.7 Å². The van der Waals surface area contributed by atoms with Crippen LogP contribution in [0.15, 0.2) is 53.1 Å². The van der Waals surface area contributed by atoms with Gasteiger partial charge in [0.15, 0.2) is 5.82 Å². The molecule has 3 N–H and O–H groups in total. The normalized spacial score (nSPS) is 10.5. The van der Waals surface area contributed by atoms with Crippen molar-refractivity contribution in [3.05, 3.63) is 65.7 Å². The lowest BCUT2D eigenvalue weighted by Crippen LogP contribution is -2.19. The number of aromatic nitrogens is 2. The molecule has 0 aliphatic carbocycles. The molecular weight excluding hydrogens is 308 g/mol. The Labute approximate surface area is 139 Å². The van der Waals surface area contributed by atoms with Crippen LogP contribution in [0.3, 0.4) is 0 Å². The maximum absolute atomic E-state index is 12.0. The first-order chi connectivity index (χ1) is 11.7. The standard InChI is InChI=1S/C17H18N4O3/c1-12-8-16(21-20-12)19-17(22)18-14-5-2-4-13(9-14)10-23-11-15-6-3-7-24-15/h2-9H,10-11H2,1H3,(H3,18,19,20,21,22). The first-order valence-electron chi connectivity index (χ1n) is 7.48. The third-order valence-corrected chi connectivity index (χ3v) is 3.23. The van der Waals surface area contributed by atoms with Crippen molar-refractivity contribution < 1.29 is 13.9 Å². The Balaban J connectivity index is 1.51. The molecule has 0 saturated carbocycles. The molecule has 0 aliphatic rings. The van der Waals surface area contributed by atoms with Crippen molar-refractivity contribution in [2.45, 2.75) is 20.1 Å². The largest absolute Gasteiger partial charge is 0.467 e. The molecule has 7 nitrogen and oxygen atoms in total. The summed E-state index contributed by atoms with van der Waals surface area (Å²) < 4.78 is 10.8. The molecule has 0 unspecified atom stereocenters. The van der Waals surface area contributed by atoms with Crippen LogP contribution in [-0.4, -0.2) is 16.2 Å². The van der Waals surface area contributed by atoms with Gasteiger partial charge in [-0.15, -0.1) is 0 Å². The van der Waals surface area contributed by atoms with Crippen LogP contribution in [0.4, 0.5) is 16.3 Å². The van der Waals surface area contributed by atoms with Gasteiger partial charge in [-0.1, -0.05) is 12.1 Å². The number of carbonyl (C=O) groups is 1. The van der Waals surface area contributed by atoms with Gasteiger partial charge in [-0.05, 0) is 36.8 Å². The van der Waals surface area contributed by atoms with E-state index in [1.54, 1.807) is 12.3 Å². The molecule has 3 aromatic rings. The zero-order valence-electron chi connectivity index (χ0n) is 13.2. The van der Waals surface area contributed by atoms with Crippen LogP contribution in [0, 0.1) is 6.92 Å². The number of hydrogen-bond acceptors (Lipinski definition) is 4. The van der Waals surface area contributed by atoms with Crippen LogP contribution >= 0.6 is 0 Å². The van der Waals surface area contributed by atoms with Gasteiger partial charge >= 0.3 is 6.03 Å². The third-order valence-electron chi connectivity index (χ3n) is 3.23. The highest BCUT2D eigenvalue weighted by atomic mass is 16.5. The second-order valence-electron chi connectivity index (χ2n) is 5.29. The van der Waals surface area contributed by atoms with Crippen molar-refractivity contribution in [3.8, 4) is 0 Å². The fourth-order valence-corrected chi connectivity index (χ4v) is 2.16. The van der Waals surface area contributed by atoms with Crippen LogP contribution < -0.4 is 10.6 Å². The third kappa shape index (κ3) is 4.47. The highest BCUT2D eigenvalue weighted by molar-refractivity contribution is 5.99. The SMILES string of the molecule is Cc1cc(NC(=O)Nc2cccc(COCc3ccco3)c2)n[nH]1. The number of aryl methyl sites for hydroxylation is 1. The van der Waals surface area contributed by atoms with Gasteiger partial charge in [-0.2, -0.15) is 5.10 Å². The van der Waals surface area contributed by atoms with E-state index in [1.807, 2.05) is 43.3 Å². The summed E-state index contributed by atoms with van der Waals surface area (Å²) >= 11 is 0. The minimum Gasteiger partial charge on any atom is -0.467 e. The lowest BCUT2D eigenvalue weighted by molar-refractivity contribution is 0.0930. The van der Waals surface area contributed by atoms with Crippen molar-refractivity contribution in [1.29, 1.82) is 0 Å². The topological polar surface area (TPSA) is 92.2 Å². The predicted molar refractivity (Wildman–Crippen MR) is 89.6 cm³/mol. The Morgan fingerprint density at radius 3 is 2.88 bits per heavy atom. The molecule has 2 aromatic heterocycles. The molecule has 0 saturated heterocycles. The summed E-state index contributed by atoms with van der Waals surface area (Å²) in [6.45, 7) is 2.70. The highest BCUT2D eigenvalue weighted by Gasteiger charge is 2.06. The van der Waals surface area contributed by atoms with Crippen LogP contribution in [0.5, 0.6) is 0 Å². The van der Waals surface area contributed by atoms with E-state index in [0.717, 1.165) is 17.0 Å². The van der Waals surface area contributed by atoms with E-state index in [2.05, 4.69) is 20.8 Å². The van der Waals surface area contributed by atoms with E-state index >= 15 is 0 Å². The van der Waals surface area contributed by atoms with Gasteiger partial charge in [0.05, 0.1) is 12.9 Å². The Morgan fingerprint density at radius 1 is 1.21 bits per heavy atom. The summed E-state index contributed by atoms with van der Waals surface area (Å²) in [5, 5.41) is 12.1. The number of hydrogen-bond donors (Lipinski definition) is 3. The summed E-state index contributed by atoms with van der Waals surface area (Å²) in [7, 11) is 0. The number of aromatic amines is 1. The monoisotopic (exact) mass is 326 g/mol. The molecule has 0 spiro atoms. The molecule has 0 aliphatic heterocycles. The second kappa shape index (κ2) is 7.47. The summed E-state index contributed by atoms with van der Waals surface area (Å²) in [6.07, 6.45) is 1.61. The van der Waals surface area contributed by atoms with Gasteiger partial charge in [0, 0.05) is 17.4 Å². The van der Waals surface area contributed by atoms with Crippen LogP contribution in [0.2, 0.25) is 0 Å². The first kappa shape index (κ1) is 15.8. The minimum atomic E-state index is -0.352. The van der Waals surface area contributed by atoms with E-state index in [4.69, 9.17) is 9.15 Å². The number of furan rings is 1. The molecule has 24 heavy (non-hydrogen) atoms. The lowest BCUT2D eigenvalue weighted by atomic mass is 10.2. The smallest absolute Gasteiger partial charge is 0.324 e. The molecule has 7 heteroatoms. The van der Waals surface area contributed by atoms with Crippen LogP contribution in [0.25, 0.3) is 0 Å². The predicted octanol–water partition coefficient (Wildman–Crippen LogP) is 3.67. The second-order valence-corrected chi connectivity index (χ2v) is 5.29. The van der Waals surface area contributed by atoms with Crippen molar-refractivity contribution in [2.24, 2.45) is 0 Å². The van der Waals surface area contributed by atoms with E-state index in [1.165, 1.54) is 0 Å².